The van der Waals surface area contributed by atoms with Gasteiger partial charge in [0.15, 0.2) is 23.0 Å². The normalized spacial score (nSPS) is 11.3. The third-order valence-corrected chi connectivity index (χ3v) is 4.29. The van der Waals surface area contributed by atoms with Gasteiger partial charge in [0.2, 0.25) is 0 Å². The molecule has 170 valence electrons. The standard InChI is InChI=1S/C21H19F4N3O4/c1-30-8-9-32-17-7-6-14(11-16(17)22)26-20(29)19-18(31-2)12-28(27-19)15-5-3-4-13(10-15)21(23,24)25/h3-7,10-12H,8-9H2,1-2H3,(H,26,29). The molecule has 1 heterocycles. The number of amides is 1. The van der Waals surface area contributed by atoms with Gasteiger partial charge in [-0.2, -0.15) is 18.3 Å². The fourth-order valence-electron chi connectivity index (χ4n) is 2.74. The fraction of sp³-hybridized carbons (Fsp3) is 0.238. The number of hydrogen-bond acceptors (Lipinski definition) is 5. The number of nitrogens with one attached hydrogen (secondary N) is 1. The SMILES string of the molecule is COCCOc1ccc(NC(=O)c2nn(-c3cccc(C(F)(F)F)c3)cc2OC)cc1F. The van der Waals surface area contributed by atoms with Gasteiger partial charge in [-0.3, -0.25) is 4.79 Å². The molecule has 0 unspecified atom stereocenters. The second kappa shape index (κ2) is 9.69. The highest BCUT2D eigenvalue weighted by molar-refractivity contribution is 6.04. The van der Waals surface area contributed by atoms with Crippen LogP contribution in [0.2, 0.25) is 0 Å². The molecule has 1 N–H and O–H groups in total. The molecule has 2 aromatic carbocycles. The fourth-order valence-corrected chi connectivity index (χ4v) is 2.74. The third kappa shape index (κ3) is 5.35. The van der Waals surface area contributed by atoms with Crippen molar-refractivity contribution in [2.24, 2.45) is 0 Å². The quantitative estimate of drug-likeness (QED) is 0.406. The van der Waals surface area contributed by atoms with Crippen LogP contribution in [0.15, 0.2) is 48.7 Å². The summed E-state index contributed by atoms with van der Waals surface area (Å²) in [6.07, 6.45) is -3.26. The molecule has 0 saturated heterocycles. The summed E-state index contributed by atoms with van der Waals surface area (Å²) in [5.41, 5.74) is -0.840. The lowest BCUT2D eigenvalue weighted by Crippen LogP contribution is -2.14. The van der Waals surface area contributed by atoms with Crippen molar-refractivity contribution in [3.05, 3.63) is 65.7 Å². The highest BCUT2D eigenvalue weighted by Gasteiger charge is 2.30. The van der Waals surface area contributed by atoms with Crippen LogP contribution in [-0.2, 0) is 10.9 Å². The summed E-state index contributed by atoms with van der Waals surface area (Å²) >= 11 is 0. The lowest BCUT2D eigenvalue weighted by atomic mass is 10.2. The Kier molecular flexibility index (Phi) is 6.98. The lowest BCUT2D eigenvalue weighted by molar-refractivity contribution is -0.137. The van der Waals surface area contributed by atoms with Gasteiger partial charge >= 0.3 is 6.18 Å². The molecule has 0 aliphatic rings. The molecule has 3 aromatic rings. The van der Waals surface area contributed by atoms with E-state index in [1.807, 2.05) is 0 Å². The Morgan fingerprint density at radius 2 is 1.88 bits per heavy atom. The molecular weight excluding hydrogens is 434 g/mol. The van der Waals surface area contributed by atoms with Crippen molar-refractivity contribution in [1.29, 1.82) is 0 Å². The van der Waals surface area contributed by atoms with Crippen molar-refractivity contribution in [2.45, 2.75) is 6.18 Å². The summed E-state index contributed by atoms with van der Waals surface area (Å²) in [6, 6.07) is 8.29. The maximum atomic E-state index is 14.2. The molecule has 1 amide bonds. The van der Waals surface area contributed by atoms with Crippen molar-refractivity contribution in [2.75, 3.05) is 32.8 Å². The molecule has 0 fully saturated rings. The third-order valence-electron chi connectivity index (χ3n) is 4.29. The zero-order chi connectivity index (χ0) is 23.3. The van der Waals surface area contributed by atoms with Gasteiger partial charge in [0.25, 0.3) is 5.91 Å². The zero-order valence-electron chi connectivity index (χ0n) is 17.1. The van der Waals surface area contributed by atoms with Gasteiger partial charge < -0.3 is 19.5 Å². The molecule has 0 aliphatic carbocycles. The molecule has 0 aliphatic heterocycles. The monoisotopic (exact) mass is 453 g/mol. The summed E-state index contributed by atoms with van der Waals surface area (Å²) < 4.78 is 69.4. The van der Waals surface area contributed by atoms with Crippen LogP contribution in [0.3, 0.4) is 0 Å². The van der Waals surface area contributed by atoms with Crippen LogP contribution in [-0.4, -0.2) is 43.1 Å². The van der Waals surface area contributed by atoms with E-state index < -0.39 is 23.5 Å². The largest absolute Gasteiger partial charge is 0.493 e. The maximum Gasteiger partial charge on any atom is 0.416 e. The van der Waals surface area contributed by atoms with E-state index in [0.717, 1.165) is 22.9 Å². The maximum absolute atomic E-state index is 14.2. The van der Waals surface area contributed by atoms with Crippen LogP contribution in [0.1, 0.15) is 16.1 Å². The van der Waals surface area contributed by atoms with E-state index in [1.54, 1.807) is 0 Å². The van der Waals surface area contributed by atoms with Crippen LogP contribution >= 0.6 is 0 Å². The summed E-state index contributed by atoms with van der Waals surface area (Å²) in [7, 11) is 2.77. The van der Waals surface area contributed by atoms with Crippen molar-refractivity contribution < 1.29 is 36.6 Å². The van der Waals surface area contributed by atoms with Crippen molar-refractivity contribution in [3.63, 3.8) is 0 Å². The van der Waals surface area contributed by atoms with Gasteiger partial charge in [0.05, 0.1) is 31.2 Å². The van der Waals surface area contributed by atoms with E-state index in [1.165, 1.54) is 44.7 Å². The van der Waals surface area contributed by atoms with E-state index in [-0.39, 0.29) is 41.8 Å². The number of methoxy groups -OCH3 is 2. The van der Waals surface area contributed by atoms with E-state index >= 15 is 0 Å². The lowest BCUT2D eigenvalue weighted by Gasteiger charge is -2.09. The van der Waals surface area contributed by atoms with Gasteiger partial charge in [0.1, 0.15) is 6.61 Å². The van der Waals surface area contributed by atoms with Gasteiger partial charge in [-0.15, -0.1) is 0 Å². The number of aromatic nitrogens is 2. The van der Waals surface area contributed by atoms with Crippen molar-refractivity contribution >= 4 is 11.6 Å². The molecule has 0 radical (unpaired) electrons. The minimum Gasteiger partial charge on any atom is -0.493 e. The number of nitrogens with zero attached hydrogens (tertiary/aromatic N) is 2. The molecule has 7 nitrogen and oxygen atoms in total. The van der Waals surface area contributed by atoms with Crippen LogP contribution in [0.25, 0.3) is 5.69 Å². The first-order valence-corrected chi connectivity index (χ1v) is 9.27. The molecule has 3 rings (SSSR count). The first-order chi connectivity index (χ1) is 15.2. The average Bonchev–Trinajstić information content (AvgIpc) is 3.20. The second-order valence-electron chi connectivity index (χ2n) is 6.48. The predicted octanol–water partition coefficient (Wildman–Crippen LogP) is 4.32. The molecule has 1 aromatic heterocycles. The van der Waals surface area contributed by atoms with Crippen molar-refractivity contribution in [1.82, 2.24) is 9.78 Å². The number of anilines is 1. The number of rotatable bonds is 8. The highest BCUT2D eigenvalue weighted by Crippen LogP contribution is 2.31. The topological polar surface area (TPSA) is 74.6 Å². The minimum atomic E-state index is -4.53. The number of hydrogen-bond donors (Lipinski definition) is 1. The molecule has 32 heavy (non-hydrogen) atoms. The number of alkyl halides is 3. The van der Waals surface area contributed by atoms with E-state index in [2.05, 4.69) is 10.4 Å². The van der Waals surface area contributed by atoms with Crippen molar-refractivity contribution in [3.8, 4) is 17.2 Å². The summed E-state index contributed by atoms with van der Waals surface area (Å²) in [5.74, 6) is -1.41. The molecular formula is C21H19F4N3O4. The summed E-state index contributed by atoms with van der Waals surface area (Å²) in [6.45, 7) is 0.440. The highest BCUT2D eigenvalue weighted by atomic mass is 19.4. The van der Waals surface area contributed by atoms with Gasteiger partial charge in [-0.05, 0) is 30.3 Å². The van der Waals surface area contributed by atoms with Crippen LogP contribution < -0.4 is 14.8 Å². The number of ether oxygens (including phenoxy) is 3. The smallest absolute Gasteiger partial charge is 0.416 e. The Balaban J connectivity index is 1.81. The van der Waals surface area contributed by atoms with E-state index in [9.17, 15) is 22.4 Å². The van der Waals surface area contributed by atoms with Crippen LogP contribution in [0.5, 0.6) is 11.5 Å². The molecule has 0 spiro atoms. The molecule has 11 heteroatoms. The Hall–Kier alpha value is -3.60. The summed E-state index contributed by atoms with van der Waals surface area (Å²) in [5, 5.41) is 6.51. The zero-order valence-corrected chi connectivity index (χ0v) is 17.1. The summed E-state index contributed by atoms with van der Waals surface area (Å²) in [4.78, 5) is 12.7. The number of carbonyl (C=O) groups excluding carboxylic acids is 1. The van der Waals surface area contributed by atoms with E-state index in [0.29, 0.717) is 0 Å². The number of halogens is 4. The molecule has 0 atom stereocenters. The Labute approximate surface area is 180 Å². The minimum absolute atomic E-state index is 0.00791. The predicted molar refractivity (Wildman–Crippen MR) is 107 cm³/mol. The number of carbonyl (C=O) groups is 1. The van der Waals surface area contributed by atoms with Crippen LogP contribution in [0.4, 0.5) is 23.2 Å². The Morgan fingerprint density at radius 1 is 1.09 bits per heavy atom. The van der Waals surface area contributed by atoms with Gasteiger partial charge in [-0.25, -0.2) is 9.07 Å². The second-order valence-corrected chi connectivity index (χ2v) is 6.48. The molecule has 0 saturated carbocycles. The first kappa shape index (κ1) is 23.1. The van der Waals surface area contributed by atoms with Gasteiger partial charge in [-0.1, -0.05) is 6.07 Å². The Bertz CT molecular complexity index is 1100. The van der Waals surface area contributed by atoms with Gasteiger partial charge in [0, 0.05) is 18.9 Å². The Morgan fingerprint density at radius 3 is 2.53 bits per heavy atom. The number of benzene rings is 2. The molecule has 0 bridgehead atoms. The first-order valence-electron chi connectivity index (χ1n) is 9.27. The average molecular weight is 453 g/mol. The van der Waals surface area contributed by atoms with Crippen LogP contribution in [0, 0.1) is 5.82 Å². The van der Waals surface area contributed by atoms with E-state index in [4.69, 9.17) is 14.2 Å².